The number of rotatable bonds is 0. The molecule has 0 saturated carbocycles. The second-order valence-corrected chi connectivity index (χ2v) is 1.94. The van der Waals surface area contributed by atoms with Crippen molar-refractivity contribution >= 4 is 7.27 Å². The number of halogens is 2. The molecule has 3 heteroatoms. The molecule has 1 rings (SSSR count). The summed E-state index contributed by atoms with van der Waals surface area (Å²) < 4.78 is 23.1. The summed E-state index contributed by atoms with van der Waals surface area (Å²) in [6.45, 7) is 0. The molecule has 1 aromatic rings. The fourth-order valence-electron chi connectivity index (χ4n) is 0.659. The first-order chi connectivity index (χ1) is 5.29. The topological polar surface area (TPSA) is 0 Å². The standard InChI is InChI=1S/C8H5BF2/c10-9(11)7-6-8-4-2-1-3-5-8/h1-5H. The van der Waals surface area contributed by atoms with Gasteiger partial charge < -0.3 is 0 Å². The van der Waals surface area contributed by atoms with Crippen molar-refractivity contribution in [3.8, 4) is 11.7 Å². The molecular formula is C8H5BF2. The van der Waals surface area contributed by atoms with Crippen LogP contribution in [0.2, 0.25) is 0 Å². The molecule has 0 bridgehead atoms. The van der Waals surface area contributed by atoms with Gasteiger partial charge in [-0.25, -0.2) is 0 Å². The lowest BCUT2D eigenvalue weighted by molar-refractivity contribution is 0.687. The molecule has 0 amide bonds. The summed E-state index contributed by atoms with van der Waals surface area (Å²) in [6, 6.07) is 8.71. The van der Waals surface area contributed by atoms with Crippen molar-refractivity contribution in [1.82, 2.24) is 0 Å². The average Bonchev–Trinajstić information content (AvgIpc) is 2.03. The summed E-state index contributed by atoms with van der Waals surface area (Å²) in [6.07, 6.45) is 0. The minimum absolute atomic E-state index is 0.618. The summed E-state index contributed by atoms with van der Waals surface area (Å²) in [4.78, 5) is 0. The van der Waals surface area contributed by atoms with E-state index in [4.69, 9.17) is 0 Å². The molecule has 0 atom stereocenters. The van der Waals surface area contributed by atoms with E-state index >= 15 is 0 Å². The normalized spacial score (nSPS) is 8.18. The second kappa shape index (κ2) is 3.77. The first-order valence-electron chi connectivity index (χ1n) is 3.14. The van der Waals surface area contributed by atoms with E-state index in [9.17, 15) is 8.63 Å². The first-order valence-corrected chi connectivity index (χ1v) is 3.14. The largest absolute Gasteiger partial charge is 0.628 e. The Kier molecular flexibility index (Phi) is 2.68. The van der Waals surface area contributed by atoms with E-state index in [0.29, 0.717) is 5.56 Å². The number of hydrogen-bond acceptors (Lipinski definition) is 0. The van der Waals surface area contributed by atoms with Crippen molar-refractivity contribution in [2.45, 2.75) is 0 Å². The molecule has 0 fully saturated rings. The Labute approximate surface area is 64.4 Å². The Bertz CT molecular complexity index is 271. The molecule has 0 aromatic heterocycles. The Morgan fingerprint density at radius 2 is 1.73 bits per heavy atom. The van der Waals surface area contributed by atoms with Crippen molar-refractivity contribution in [3.05, 3.63) is 35.9 Å². The summed E-state index contributed by atoms with van der Waals surface area (Å²) in [5.74, 6) is 4.12. The molecule has 0 heterocycles. The zero-order chi connectivity index (χ0) is 8.10. The quantitative estimate of drug-likeness (QED) is 0.391. The minimum Gasteiger partial charge on any atom is -0.273 e. The molecule has 0 aliphatic heterocycles. The van der Waals surface area contributed by atoms with Crippen molar-refractivity contribution in [2.75, 3.05) is 0 Å². The van der Waals surface area contributed by atoms with E-state index in [1.807, 2.05) is 6.07 Å². The van der Waals surface area contributed by atoms with Crippen LogP contribution in [0.5, 0.6) is 0 Å². The predicted molar refractivity (Wildman–Crippen MR) is 41.3 cm³/mol. The van der Waals surface area contributed by atoms with Crippen molar-refractivity contribution < 1.29 is 8.63 Å². The predicted octanol–water partition coefficient (Wildman–Crippen LogP) is 2.00. The molecule has 0 saturated heterocycles. The van der Waals surface area contributed by atoms with Crippen LogP contribution in [0.4, 0.5) is 8.63 Å². The van der Waals surface area contributed by atoms with E-state index in [0.717, 1.165) is 0 Å². The molecule has 0 radical (unpaired) electrons. The maximum atomic E-state index is 11.5. The third kappa shape index (κ3) is 2.86. The first kappa shape index (κ1) is 7.81. The van der Waals surface area contributed by atoms with Gasteiger partial charge in [0.2, 0.25) is 0 Å². The highest BCUT2D eigenvalue weighted by Crippen LogP contribution is 1.95. The molecule has 0 aliphatic rings. The summed E-state index contributed by atoms with van der Waals surface area (Å²) in [5.41, 5.74) is 0.618. The van der Waals surface area contributed by atoms with Crippen LogP contribution in [0.3, 0.4) is 0 Å². The van der Waals surface area contributed by atoms with Gasteiger partial charge >= 0.3 is 7.27 Å². The molecule has 0 spiro atoms. The van der Waals surface area contributed by atoms with E-state index in [1.54, 1.807) is 30.1 Å². The van der Waals surface area contributed by atoms with Gasteiger partial charge in [0.05, 0.1) is 0 Å². The lowest BCUT2D eigenvalue weighted by Gasteiger charge is -1.84. The Hall–Kier alpha value is -1.30. The Morgan fingerprint density at radius 1 is 1.09 bits per heavy atom. The molecular weight excluding hydrogens is 145 g/mol. The van der Waals surface area contributed by atoms with E-state index in [1.165, 1.54) is 0 Å². The van der Waals surface area contributed by atoms with Crippen molar-refractivity contribution in [3.63, 3.8) is 0 Å². The summed E-state index contributed by atoms with van der Waals surface area (Å²) in [5, 5.41) is 0. The SMILES string of the molecule is FB(F)C#Cc1ccccc1. The lowest BCUT2D eigenvalue weighted by atomic mass is 10.0. The van der Waals surface area contributed by atoms with Gasteiger partial charge in [0.25, 0.3) is 0 Å². The maximum absolute atomic E-state index is 11.5. The highest BCUT2D eigenvalue weighted by atomic mass is 19.2. The van der Waals surface area contributed by atoms with Crippen LogP contribution in [-0.4, -0.2) is 7.27 Å². The highest BCUT2D eigenvalue weighted by Gasteiger charge is 2.04. The molecule has 0 aliphatic carbocycles. The van der Waals surface area contributed by atoms with Crippen molar-refractivity contribution in [1.29, 1.82) is 0 Å². The van der Waals surface area contributed by atoms with Gasteiger partial charge in [-0.15, -0.1) is 0 Å². The molecule has 0 unspecified atom stereocenters. The third-order valence-electron chi connectivity index (χ3n) is 1.10. The van der Waals surface area contributed by atoms with E-state index < -0.39 is 7.27 Å². The smallest absolute Gasteiger partial charge is 0.273 e. The van der Waals surface area contributed by atoms with Crippen LogP contribution in [-0.2, 0) is 0 Å². The fraction of sp³-hybridized carbons (Fsp3) is 0. The summed E-state index contributed by atoms with van der Waals surface area (Å²) >= 11 is 0. The summed E-state index contributed by atoms with van der Waals surface area (Å²) in [7, 11) is -2.55. The Balaban J connectivity index is 2.75. The molecule has 54 valence electrons. The van der Waals surface area contributed by atoms with Crippen LogP contribution in [0.25, 0.3) is 0 Å². The Morgan fingerprint density at radius 3 is 2.27 bits per heavy atom. The van der Waals surface area contributed by atoms with Crippen LogP contribution < -0.4 is 0 Å². The van der Waals surface area contributed by atoms with Gasteiger partial charge in [0.1, 0.15) is 0 Å². The van der Waals surface area contributed by atoms with Crippen LogP contribution in [0, 0.1) is 11.7 Å². The molecule has 1 aromatic carbocycles. The van der Waals surface area contributed by atoms with Gasteiger partial charge in [-0.3, -0.25) is 8.63 Å². The zero-order valence-electron chi connectivity index (χ0n) is 5.72. The van der Waals surface area contributed by atoms with Gasteiger partial charge in [0, 0.05) is 5.56 Å². The fourth-order valence-corrected chi connectivity index (χ4v) is 0.659. The minimum atomic E-state index is -2.55. The van der Waals surface area contributed by atoms with Crippen molar-refractivity contribution in [2.24, 2.45) is 0 Å². The van der Waals surface area contributed by atoms with Gasteiger partial charge in [-0.1, -0.05) is 29.9 Å². The van der Waals surface area contributed by atoms with E-state index in [2.05, 4.69) is 5.92 Å². The third-order valence-corrected chi connectivity index (χ3v) is 1.10. The van der Waals surface area contributed by atoms with Crippen LogP contribution in [0.1, 0.15) is 5.56 Å². The number of hydrogen-bond donors (Lipinski definition) is 0. The van der Waals surface area contributed by atoms with Gasteiger partial charge in [-0.05, 0) is 12.1 Å². The lowest BCUT2D eigenvalue weighted by Crippen LogP contribution is -1.89. The molecule has 11 heavy (non-hydrogen) atoms. The zero-order valence-corrected chi connectivity index (χ0v) is 5.72. The highest BCUT2D eigenvalue weighted by molar-refractivity contribution is 6.53. The van der Waals surface area contributed by atoms with Crippen LogP contribution >= 0.6 is 0 Å². The van der Waals surface area contributed by atoms with E-state index in [-0.39, 0.29) is 0 Å². The van der Waals surface area contributed by atoms with Crippen LogP contribution in [0.15, 0.2) is 30.3 Å². The molecule has 0 nitrogen and oxygen atoms in total. The second-order valence-electron chi connectivity index (χ2n) is 1.94. The molecule has 0 N–H and O–H groups in total. The monoisotopic (exact) mass is 150 g/mol. The maximum Gasteiger partial charge on any atom is 0.628 e. The number of benzene rings is 1. The average molecular weight is 150 g/mol. The van der Waals surface area contributed by atoms with Gasteiger partial charge in [0.15, 0.2) is 0 Å². The van der Waals surface area contributed by atoms with Gasteiger partial charge in [-0.2, -0.15) is 0 Å².